The van der Waals surface area contributed by atoms with E-state index >= 15 is 0 Å². The van der Waals surface area contributed by atoms with Crippen molar-refractivity contribution in [2.24, 2.45) is 0 Å². The molecule has 2 N–H and O–H groups in total. The van der Waals surface area contributed by atoms with E-state index in [1.807, 2.05) is 24.4 Å². The zero-order valence-corrected chi connectivity index (χ0v) is 10.1. The Morgan fingerprint density at radius 1 is 1.17 bits per heavy atom. The van der Waals surface area contributed by atoms with Crippen LogP contribution in [-0.4, -0.2) is 4.98 Å². The zero-order chi connectivity index (χ0) is 12.8. The molecular weight excluding hydrogens is 222 g/mol. The van der Waals surface area contributed by atoms with Crippen LogP contribution in [0.25, 0.3) is 0 Å². The van der Waals surface area contributed by atoms with Gasteiger partial charge in [-0.2, -0.15) is 5.26 Å². The van der Waals surface area contributed by atoms with Crippen molar-refractivity contribution in [3.05, 3.63) is 59.4 Å². The van der Waals surface area contributed by atoms with Crippen LogP contribution in [0.2, 0.25) is 0 Å². The minimum Gasteiger partial charge on any atom is -0.399 e. The summed E-state index contributed by atoms with van der Waals surface area (Å²) in [5, 5.41) is 8.88. The number of rotatable bonds is 4. The second-order valence-corrected chi connectivity index (χ2v) is 4.29. The highest BCUT2D eigenvalue weighted by Gasteiger charge is 2.00. The van der Waals surface area contributed by atoms with Crippen LogP contribution in [0.15, 0.2) is 42.7 Å². The molecule has 3 nitrogen and oxygen atoms in total. The molecule has 1 heterocycles. The van der Waals surface area contributed by atoms with Crippen molar-refractivity contribution >= 4 is 5.69 Å². The van der Waals surface area contributed by atoms with Crippen LogP contribution in [-0.2, 0) is 12.8 Å². The van der Waals surface area contributed by atoms with Gasteiger partial charge in [0.2, 0.25) is 0 Å². The Labute approximate surface area is 107 Å². The largest absolute Gasteiger partial charge is 0.399 e. The van der Waals surface area contributed by atoms with Crippen LogP contribution in [0.4, 0.5) is 5.69 Å². The van der Waals surface area contributed by atoms with E-state index in [1.165, 1.54) is 5.56 Å². The highest BCUT2D eigenvalue weighted by atomic mass is 14.6. The minimum absolute atomic E-state index is 0.631. The summed E-state index contributed by atoms with van der Waals surface area (Å²) in [6.45, 7) is 0. The zero-order valence-electron chi connectivity index (χ0n) is 10.1. The van der Waals surface area contributed by atoms with Gasteiger partial charge >= 0.3 is 0 Å². The summed E-state index contributed by atoms with van der Waals surface area (Å²) in [4.78, 5) is 4.09. The Hall–Kier alpha value is -2.34. The number of anilines is 1. The minimum atomic E-state index is 0.631. The first-order valence-electron chi connectivity index (χ1n) is 5.96. The molecule has 0 amide bonds. The van der Waals surface area contributed by atoms with Crippen LogP contribution in [0.5, 0.6) is 0 Å². The van der Waals surface area contributed by atoms with Gasteiger partial charge in [0.25, 0.3) is 0 Å². The SMILES string of the molecule is N#Cc1cc(N)cc(CCCc2cccnc2)c1. The third-order valence-corrected chi connectivity index (χ3v) is 2.80. The summed E-state index contributed by atoms with van der Waals surface area (Å²) in [6.07, 6.45) is 6.61. The maximum absolute atomic E-state index is 8.88. The second kappa shape index (κ2) is 5.83. The predicted molar refractivity (Wildman–Crippen MR) is 71.8 cm³/mol. The van der Waals surface area contributed by atoms with Gasteiger partial charge in [-0.15, -0.1) is 0 Å². The number of benzene rings is 1. The summed E-state index contributed by atoms with van der Waals surface area (Å²) in [5.41, 5.74) is 9.40. The lowest BCUT2D eigenvalue weighted by molar-refractivity contribution is 0.817. The number of nitrogens with zero attached hydrogens (tertiary/aromatic N) is 2. The Balaban J connectivity index is 1.95. The molecule has 90 valence electrons. The van der Waals surface area contributed by atoms with Crippen LogP contribution in [0.3, 0.4) is 0 Å². The van der Waals surface area contributed by atoms with Gasteiger partial charge < -0.3 is 5.73 Å². The van der Waals surface area contributed by atoms with Gasteiger partial charge in [-0.1, -0.05) is 6.07 Å². The van der Waals surface area contributed by atoms with E-state index in [0.29, 0.717) is 11.3 Å². The molecule has 0 spiro atoms. The topological polar surface area (TPSA) is 62.7 Å². The molecule has 0 aliphatic rings. The number of hydrogen-bond donors (Lipinski definition) is 1. The van der Waals surface area contributed by atoms with Crippen LogP contribution >= 0.6 is 0 Å². The number of nitrogens with two attached hydrogens (primary N) is 1. The van der Waals surface area contributed by atoms with Gasteiger partial charge in [-0.25, -0.2) is 0 Å². The molecule has 1 aromatic carbocycles. The van der Waals surface area contributed by atoms with E-state index in [4.69, 9.17) is 11.0 Å². The Morgan fingerprint density at radius 2 is 2.00 bits per heavy atom. The fourth-order valence-electron chi connectivity index (χ4n) is 1.97. The van der Waals surface area contributed by atoms with Crippen molar-refractivity contribution < 1.29 is 0 Å². The second-order valence-electron chi connectivity index (χ2n) is 4.29. The third kappa shape index (κ3) is 3.33. The van der Waals surface area contributed by atoms with Gasteiger partial charge in [0.05, 0.1) is 11.6 Å². The number of nitrogen functional groups attached to an aromatic ring is 1. The van der Waals surface area contributed by atoms with Crippen molar-refractivity contribution in [2.45, 2.75) is 19.3 Å². The molecule has 1 aromatic heterocycles. The Bertz CT molecular complexity index is 556. The van der Waals surface area contributed by atoms with Crippen LogP contribution in [0.1, 0.15) is 23.1 Å². The standard InChI is InChI=1S/C15H15N3/c16-10-14-7-13(8-15(17)9-14)4-1-3-12-5-2-6-18-11-12/h2,5-9,11H,1,3-4,17H2. The molecule has 0 bridgehead atoms. The van der Waals surface area contributed by atoms with Crippen LogP contribution < -0.4 is 5.73 Å². The molecule has 0 unspecified atom stereocenters. The van der Waals surface area contributed by atoms with E-state index < -0.39 is 0 Å². The molecule has 0 radical (unpaired) electrons. The Morgan fingerprint density at radius 3 is 2.72 bits per heavy atom. The molecule has 0 atom stereocenters. The summed E-state index contributed by atoms with van der Waals surface area (Å²) in [6, 6.07) is 11.7. The number of pyridine rings is 1. The van der Waals surface area contributed by atoms with Crippen molar-refractivity contribution in [3.63, 3.8) is 0 Å². The lowest BCUT2D eigenvalue weighted by atomic mass is 10.0. The van der Waals surface area contributed by atoms with E-state index in [-0.39, 0.29) is 0 Å². The summed E-state index contributed by atoms with van der Waals surface area (Å²) < 4.78 is 0. The highest BCUT2D eigenvalue weighted by Crippen LogP contribution is 2.14. The number of nitriles is 1. The molecule has 0 aliphatic carbocycles. The molecule has 18 heavy (non-hydrogen) atoms. The molecule has 2 aromatic rings. The van der Waals surface area contributed by atoms with Crippen molar-refractivity contribution in [1.82, 2.24) is 4.98 Å². The first kappa shape index (κ1) is 12.1. The van der Waals surface area contributed by atoms with Crippen molar-refractivity contribution in [2.75, 3.05) is 5.73 Å². The fraction of sp³-hybridized carbons (Fsp3) is 0.200. The number of aryl methyl sites for hydroxylation is 2. The molecular formula is C15H15N3. The van der Waals surface area contributed by atoms with E-state index in [0.717, 1.165) is 24.8 Å². The lowest BCUT2D eigenvalue weighted by Crippen LogP contribution is -1.94. The quantitative estimate of drug-likeness (QED) is 0.831. The smallest absolute Gasteiger partial charge is 0.0992 e. The number of aromatic nitrogens is 1. The summed E-state index contributed by atoms with van der Waals surface area (Å²) in [5.74, 6) is 0. The van der Waals surface area contributed by atoms with E-state index in [2.05, 4.69) is 17.1 Å². The maximum Gasteiger partial charge on any atom is 0.0992 e. The third-order valence-electron chi connectivity index (χ3n) is 2.80. The number of hydrogen-bond acceptors (Lipinski definition) is 3. The maximum atomic E-state index is 8.88. The highest BCUT2D eigenvalue weighted by molar-refractivity contribution is 5.48. The van der Waals surface area contributed by atoms with Crippen molar-refractivity contribution in [1.29, 1.82) is 5.26 Å². The van der Waals surface area contributed by atoms with Gasteiger partial charge in [0.1, 0.15) is 0 Å². The van der Waals surface area contributed by atoms with E-state index in [9.17, 15) is 0 Å². The molecule has 0 saturated carbocycles. The molecule has 0 aliphatic heterocycles. The van der Waals surface area contributed by atoms with Gasteiger partial charge in [-0.3, -0.25) is 4.98 Å². The average molecular weight is 237 g/mol. The van der Waals surface area contributed by atoms with Gasteiger partial charge in [-0.05, 0) is 54.7 Å². The molecule has 3 heteroatoms. The normalized spacial score (nSPS) is 9.94. The van der Waals surface area contributed by atoms with Crippen molar-refractivity contribution in [3.8, 4) is 6.07 Å². The van der Waals surface area contributed by atoms with E-state index in [1.54, 1.807) is 12.3 Å². The van der Waals surface area contributed by atoms with Gasteiger partial charge in [0, 0.05) is 18.1 Å². The first-order chi connectivity index (χ1) is 8.78. The molecule has 2 rings (SSSR count). The van der Waals surface area contributed by atoms with Gasteiger partial charge in [0.15, 0.2) is 0 Å². The first-order valence-corrected chi connectivity index (χ1v) is 5.96. The summed E-state index contributed by atoms with van der Waals surface area (Å²) in [7, 11) is 0. The average Bonchev–Trinajstić information content (AvgIpc) is 2.39. The predicted octanol–water partition coefficient (Wildman–Crippen LogP) is 2.71. The van der Waals surface area contributed by atoms with Crippen LogP contribution in [0, 0.1) is 11.3 Å². The molecule has 0 fully saturated rings. The summed E-state index contributed by atoms with van der Waals surface area (Å²) >= 11 is 0. The monoisotopic (exact) mass is 237 g/mol. The fourth-order valence-corrected chi connectivity index (χ4v) is 1.97. The molecule has 0 saturated heterocycles. The Kier molecular flexibility index (Phi) is 3.93. The lowest BCUT2D eigenvalue weighted by Gasteiger charge is -2.04.